The van der Waals surface area contributed by atoms with Gasteiger partial charge in [-0.05, 0) is 0 Å². The fourth-order valence-corrected chi connectivity index (χ4v) is 5.29. The molecule has 3 heterocycles. The number of fused-ring (bicyclic) bond motifs is 1. The molecule has 1 N–H and O–H groups in total. The lowest BCUT2D eigenvalue weighted by Crippen LogP contribution is -2.36. The first-order chi connectivity index (χ1) is 13.2. The first kappa shape index (κ1) is 21.5. The Morgan fingerprint density at radius 3 is 2.89 bits per heavy atom. The van der Waals surface area contributed by atoms with Crippen molar-refractivity contribution in [3.8, 4) is 0 Å². The summed E-state index contributed by atoms with van der Waals surface area (Å²) in [5.41, 5.74) is -1.11. The molecule has 0 bridgehead atoms. The van der Waals surface area contributed by atoms with Crippen molar-refractivity contribution in [1.82, 2.24) is 9.55 Å². The zero-order valence-corrected chi connectivity index (χ0v) is 17.4. The third kappa shape index (κ3) is 4.67. The molecule has 10 nitrogen and oxygen atoms in total. The maximum atomic E-state index is 12.7. The summed E-state index contributed by atoms with van der Waals surface area (Å²) in [6.45, 7) is 5.42. The molecule has 2 aliphatic rings. The van der Waals surface area contributed by atoms with Crippen LogP contribution in [0.1, 0.15) is 27.0 Å². The highest BCUT2D eigenvalue weighted by molar-refractivity contribution is 8.13. The van der Waals surface area contributed by atoms with Crippen molar-refractivity contribution < 1.29 is 27.7 Å². The molecule has 5 atom stereocenters. The Kier molecular flexibility index (Phi) is 6.63. The van der Waals surface area contributed by atoms with Gasteiger partial charge in [0.1, 0.15) is 18.4 Å². The summed E-state index contributed by atoms with van der Waals surface area (Å²) in [5, 5.41) is 0.0272. The van der Waals surface area contributed by atoms with Crippen LogP contribution in [0.15, 0.2) is 21.9 Å². The number of phosphoric acid groups is 1. The van der Waals surface area contributed by atoms with Crippen molar-refractivity contribution in [3.05, 3.63) is 33.1 Å². The minimum atomic E-state index is -3.79. The summed E-state index contributed by atoms with van der Waals surface area (Å²) in [6.07, 6.45) is -0.483. The number of nitrogens with one attached hydrogen (secondary N) is 1. The van der Waals surface area contributed by atoms with E-state index in [4.69, 9.17) is 18.3 Å². The van der Waals surface area contributed by atoms with Gasteiger partial charge < -0.3 is 4.74 Å². The van der Waals surface area contributed by atoms with E-state index in [1.54, 1.807) is 20.8 Å². The summed E-state index contributed by atoms with van der Waals surface area (Å²) in [7, 11) is -3.79. The first-order valence-electron chi connectivity index (χ1n) is 8.91. The highest BCUT2D eigenvalue weighted by atomic mass is 32.2. The van der Waals surface area contributed by atoms with Crippen molar-refractivity contribution >= 4 is 24.7 Å². The van der Waals surface area contributed by atoms with E-state index in [1.807, 2.05) is 0 Å². The van der Waals surface area contributed by atoms with Gasteiger partial charge in [-0.25, -0.2) is 9.36 Å². The number of hydrogen-bond donors (Lipinski definition) is 1. The van der Waals surface area contributed by atoms with Crippen molar-refractivity contribution in [3.63, 3.8) is 0 Å². The molecule has 1 aromatic rings. The summed E-state index contributed by atoms with van der Waals surface area (Å²) in [6, 6.07) is 1.22. The van der Waals surface area contributed by atoms with Crippen LogP contribution in [0.25, 0.3) is 0 Å². The smallest absolute Gasteiger partial charge is 0.349 e. The number of aromatic amines is 1. The van der Waals surface area contributed by atoms with Crippen LogP contribution in [0.4, 0.5) is 0 Å². The first-order valence-corrected chi connectivity index (χ1v) is 11.4. The molecule has 0 amide bonds. The van der Waals surface area contributed by atoms with E-state index in [9.17, 15) is 18.9 Å². The normalized spacial score (nSPS) is 32.4. The maximum Gasteiger partial charge on any atom is 0.475 e. The Bertz CT molecular complexity index is 884. The van der Waals surface area contributed by atoms with Crippen molar-refractivity contribution in [1.29, 1.82) is 0 Å². The fourth-order valence-electron chi connectivity index (χ4n) is 3.00. The van der Waals surface area contributed by atoms with Crippen LogP contribution >= 0.6 is 19.6 Å². The highest BCUT2D eigenvalue weighted by Crippen LogP contribution is 2.57. The second kappa shape index (κ2) is 8.64. The van der Waals surface area contributed by atoms with Crippen molar-refractivity contribution in [2.24, 2.45) is 11.8 Å². The average Bonchev–Trinajstić information content (AvgIpc) is 2.94. The van der Waals surface area contributed by atoms with E-state index < -0.39 is 37.5 Å². The lowest BCUT2D eigenvalue weighted by atomic mass is 10.0. The topological polar surface area (TPSA) is 126 Å². The molecule has 2 aliphatic heterocycles. The number of rotatable bonds is 6. The maximum absolute atomic E-state index is 12.7. The largest absolute Gasteiger partial charge is 0.475 e. The van der Waals surface area contributed by atoms with Gasteiger partial charge in [-0.15, -0.1) is 0 Å². The third-order valence-electron chi connectivity index (χ3n) is 4.47. The number of hydrogen-bond acceptors (Lipinski definition) is 9. The molecule has 12 heteroatoms. The van der Waals surface area contributed by atoms with E-state index in [-0.39, 0.29) is 30.2 Å². The Labute approximate surface area is 165 Å². The number of ether oxygens (including phenoxy) is 1. The molecule has 0 spiro atoms. The second-order valence-corrected chi connectivity index (χ2v) is 9.63. The van der Waals surface area contributed by atoms with Crippen LogP contribution in [-0.4, -0.2) is 45.8 Å². The number of aromatic nitrogens is 2. The molecule has 28 heavy (non-hydrogen) atoms. The monoisotopic (exact) mass is 434 g/mol. The van der Waals surface area contributed by atoms with Gasteiger partial charge in [0.15, 0.2) is 5.12 Å². The minimum Gasteiger partial charge on any atom is -0.349 e. The Hall–Kier alpha value is -1.23. The second-order valence-electron chi connectivity index (χ2n) is 6.91. The minimum absolute atomic E-state index is 0.0149. The molecule has 0 radical (unpaired) electrons. The van der Waals surface area contributed by atoms with E-state index in [0.717, 1.165) is 11.8 Å². The summed E-state index contributed by atoms with van der Waals surface area (Å²) in [5.74, 6) is -0.0940. The van der Waals surface area contributed by atoms with Gasteiger partial charge in [-0.3, -0.25) is 32.7 Å². The Morgan fingerprint density at radius 2 is 2.21 bits per heavy atom. The van der Waals surface area contributed by atoms with Gasteiger partial charge in [-0.2, -0.15) is 0 Å². The third-order valence-corrected chi connectivity index (χ3v) is 7.06. The molecule has 2 fully saturated rings. The van der Waals surface area contributed by atoms with E-state index in [0.29, 0.717) is 5.75 Å². The number of H-pyrrole nitrogens is 1. The van der Waals surface area contributed by atoms with Gasteiger partial charge in [0.25, 0.3) is 5.56 Å². The summed E-state index contributed by atoms with van der Waals surface area (Å²) >= 11 is 1.10. The standard InChI is InChI=1S/C16H23N2O8PS/c1-9(2)15(20)28-7-6-23-27(22)24-8-11-13(26-27)10(3)14(25-11)18-5-4-12(19)17-16(18)21/h4-5,9-11,13-14H,6-8H2,1-3H3,(H,17,19,21)/t10-,11?,13-,14+,27-/m0/s1. The van der Waals surface area contributed by atoms with Gasteiger partial charge in [0.05, 0.1) is 13.2 Å². The van der Waals surface area contributed by atoms with Crippen LogP contribution < -0.4 is 11.2 Å². The molecular formula is C16H23N2O8PS. The van der Waals surface area contributed by atoms with E-state index in [2.05, 4.69) is 4.98 Å². The van der Waals surface area contributed by atoms with Crippen LogP contribution in [0.3, 0.4) is 0 Å². The average molecular weight is 434 g/mol. The number of carbonyl (C=O) groups is 1. The van der Waals surface area contributed by atoms with Crippen LogP contribution in [0.5, 0.6) is 0 Å². The Balaban J connectivity index is 1.61. The molecule has 3 rings (SSSR count). The number of nitrogens with zero attached hydrogens (tertiary/aromatic N) is 1. The molecule has 0 saturated carbocycles. The number of thioether (sulfide) groups is 1. The van der Waals surface area contributed by atoms with Crippen LogP contribution in [0, 0.1) is 11.8 Å². The predicted molar refractivity (Wildman–Crippen MR) is 101 cm³/mol. The number of phosphoric ester groups is 1. The van der Waals surface area contributed by atoms with Crippen LogP contribution in [0.2, 0.25) is 0 Å². The van der Waals surface area contributed by atoms with Crippen LogP contribution in [-0.2, 0) is 27.7 Å². The molecule has 156 valence electrons. The van der Waals surface area contributed by atoms with E-state index in [1.165, 1.54) is 16.8 Å². The summed E-state index contributed by atoms with van der Waals surface area (Å²) in [4.78, 5) is 37.0. The summed E-state index contributed by atoms with van der Waals surface area (Å²) < 4.78 is 36.0. The van der Waals surface area contributed by atoms with Crippen molar-refractivity contribution in [2.75, 3.05) is 19.0 Å². The van der Waals surface area contributed by atoms with Gasteiger partial charge in [0.2, 0.25) is 0 Å². The Morgan fingerprint density at radius 1 is 1.46 bits per heavy atom. The number of carbonyl (C=O) groups excluding carboxylic acids is 1. The molecule has 1 unspecified atom stereocenters. The lowest BCUT2D eigenvalue weighted by Gasteiger charge is -2.31. The quantitative estimate of drug-likeness (QED) is 0.524. The lowest BCUT2D eigenvalue weighted by molar-refractivity contribution is -0.113. The SMILES string of the molecule is CC(C)C(=O)SCCO[P@@]1(=O)OCC2O[C@@H](n3ccc(=O)[nH]c3=O)[C@@H](C)[C@@H]2O1. The molecule has 1 aromatic heterocycles. The zero-order chi connectivity index (χ0) is 20.5. The fraction of sp³-hybridized carbons (Fsp3) is 0.688. The van der Waals surface area contributed by atoms with Gasteiger partial charge >= 0.3 is 13.5 Å². The zero-order valence-electron chi connectivity index (χ0n) is 15.7. The van der Waals surface area contributed by atoms with Crippen molar-refractivity contribution in [2.45, 2.75) is 39.2 Å². The molecule has 0 aliphatic carbocycles. The predicted octanol–water partition coefficient (Wildman–Crippen LogP) is 1.53. The molecular weight excluding hydrogens is 411 g/mol. The van der Waals surface area contributed by atoms with E-state index >= 15 is 0 Å². The van der Waals surface area contributed by atoms with Gasteiger partial charge in [-0.1, -0.05) is 32.5 Å². The molecule has 0 aromatic carbocycles. The van der Waals surface area contributed by atoms with Gasteiger partial charge in [0, 0.05) is 29.9 Å². The highest BCUT2D eigenvalue weighted by Gasteiger charge is 2.52. The molecule has 2 saturated heterocycles.